The summed E-state index contributed by atoms with van der Waals surface area (Å²) in [5.41, 5.74) is 1.86. The maximum Gasteiger partial charge on any atom is 0.319 e. The van der Waals surface area contributed by atoms with Crippen LogP contribution in [0.25, 0.3) is 0 Å². The van der Waals surface area contributed by atoms with Crippen molar-refractivity contribution in [2.24, 2.45) is 0 Å². The largest absolute Gasteiger partial charge is 0.338 e. The summed E-state index contributed by atoms with van der Waals surface area (Å²) in [6.07, 6.45) is 0.839. The Morgan fingerprint density at radius 3 is 2.59 bits per heavy atom. The predicted molar refractivity (Wildman–Crippen MR) is 94.1 cm³/mol. The molecule has 4 nitrogen and oxygen atoms in total. The summed E-state index contributed by atoms with van der Waals surface area (Å²) in [5, 5.41) is 13.9. The Morgan fingerprint density at radius 2 is 1.91 bits per heavy atom. The number of hydrogen-bond donors (Lipinski definition) is 3. The second-order valence-electron chi connectivity index (χ2n) is 4.70. The zero-order valence-corrected chi connectivity index (χ0v) is 14.2. The van der Waals surface area contributed by atoms with E-state index in [1.165, 1.54) is 0 Å². The molecular formula is C15H17Cl2N3OS. The monoisotopic (exact) mass is 357 g/mol. The van der Waals surface area contributed by atoms with E-state index in [9.17, 15) is 4.79 Å². The van der Waals surface area contributed by atoms with Gasteiger partial charge in [-0.3, -0.25) is 0 Å². The molecule has 2 amide bonds. The first-order valence-electron chi connectivity index (χ1n) is 6.86. The topological polar surface area (TPSA) is 53.2 Å². The first-order chi connectivity index (χ1) is 10.6. The lowest BCUT2D eigenvalue weighted by Gasteiger charge is -2.08. The van der Waals surface area contributed by atoms with E-state index in [-0.39, 0.29) is 6.03 Å². The highest BCUT2D eigenvalue weighted by Crippen LogP contribution is 2.18. The van der Waals surface area contributed by atoms with Crippen molar-refractivity contribution in [1.82, 2.24) is 10.6 Å². The van der Waals surface area contributed by atoms with Crippen molar-refractivity contribution in [1.29, 1.82) is 0 Å². The molecule has 0 aliphatic heterocycles. The van der Waals surface area contributed by atoms with E-state index in [4.69, 9.17) is 23.2 Å². The average Bonchev–Trinajstić information content (AvgIpc) is 2.94. The number of rotatable bonds is 7. The third-order valence-electron chi connectivity index (χ3n) is 2.85. The Bertz CT molecular complexity index is 585. The van der Waals surface area contributed by atoms with Crippen LogP contribution < -0.4 is 16.0 Å². The maximum absolute atomic E-state index is 11.6. The van der Waals surface area contributed by atoms with Gasteiger partial charge in [-0.15, -0.1) is 0 Å². The van der Waals surface area contributed by atoms with Crippen molar-refractivity contribution < 1.29 is 4.79 Å². The van der Waals surface area contributed by atoms with Crippen molar-refractivity contribution in [2.75, 3.05) is 18.4 Å². The summed E-state index contributed by atoms with van der Waals surface area (Å²) in [6, 6.07) is 7.16. The summed E-state index contributed by atoms with van der Waals surface area (Å²) < 4.78 is 0. The molecule has 1 aromatic heterocycles. The number of thiophene rings is 1. The Hall–Kier alpha value is -1.27. The second-order valence-corrected chi connectivity index (χ2v) is 6.35. The highest BCUT2D eigenvalue weighted by Gasteiger charge is 2.01. The van der Waals surface area contributed by atoms with Crippen LogP contribution in [0, 0.1) is 0 Å². The SMILES string of the molecule is O=C(NCCCNCc1cc(Cl)cc(Cl)c1)Nc1ccsc1. The molecule has 0 saturated heterocycles. The molecular weight excluding hydrogens is 341 g/mol. The fourth-order valence-electron chi connectivity index (χ4n) is 1.87. The van der Waals surface area contributed by atoms with E-state index in [1.807, 2.05) is 29.0 Å². The molecule has 0 fully saturated rings. The van der Waals surface area contributed by atoms with E-state index in [0.29, 0.717) is 23.1 Å². The number of carbonyl (C=O) groups is 1. The van der Waals surface area contributed by atoms with Gasteiger partial charge in [-0.05, 0) is 48.2 Å². The summed E-state index contributed by atoms with van der Waals surface area (Å²) in [5.74, 6) is 0. The van der Waals surface area contributed by atoms with Crippen LogP contribution in [0.2, 0.25) is 10.0 Å². The molecule has 1 heterocycles. The number of urea groups is 1. The Morgan fingerprint density at radius 1 is 1.14 bits per heavy atom. The van der Waals surface area contributed by atoms with Crippen LogP contribution in [-0.2, 0) is 6.54 Å². The van der Waals surface area contributed by atoms with Gasteiger partial charge in [0.25, 0.3) is 0 Å². The van der Waals surface area contributed by atoms with Gasteiger partial charge in [-0.1, -0.05) is 23.2 Å². The smallest absolute Gasteiger partial charge is 0.319 e. The fraction of sp³-hybridized carbons (Fsp3) is 0.267. The molecule has 0 unspecified atom stereocenters. The van der Waals surface area contributed by atoms with E-state index >= 15 is 0 Å². The number of hydrogen-bond acceptors (Lipinski definition) is 3. The van der Waals surface area contributed by atoms with Gasteiger partial charge in [0.15, 0.2) is 0 Å². The molecule has 3 N–H and O–H groups in total. The van der Waals surface area contributed by atoms with Crippen LogP contribution in [0.3, 0.4) is 0 Å². The normalized spacial score (nSPS) is 10.5. The third-order valence-corrected chi connectivity index (χ3v) is 3.97. The average molecular weight is 358 g/mol. The minimum absolute atomic E-state index is 0.181. The lowest BCUT2D eigenvalue weighted by Crippen LogP contribution is -2.31. The van der Waals surface area contributed by atoms with Crippen molar-refractivity contribution in [3.8, 4) is 0 Å². The number of amides is 2. The Kier molecular flexibility index (Phi) is 6.99. The van der Waals surface area contributed by atoms with Crippen molar-refractivity contribution >= 4 is 46.3 Å². The quantitative estimate of drug-likeness (QED) is 0.645. The van der Waals surface area contributed by atoms with E-state index in [1.54, 1.807) is 17.4 Å². The van der Waals surface area contributed by atoms with Crippen molar-refractivity contribution in [2.45, 2.75) is 13.0 Å². The molecule has 0 radical (unpaired) electrons. The van der Waals surface area contributed by atoms with E-state index < -0.39 is 0 Å². The Balaban J connectivity index is 1.56. The predicted octanol–water partition coefficient (Wildman–Crippen LogP) is 4.36. The van der Waals surface area contributed by atoms with E-state index in [0.717, 1.165) is 24.2 Å². The molecule has 2 aromatic rings. The molecule has 0 saturated carbocycles. The molecule has 1 aromatic carbocycles. The van der Waals surface area contributed by atoms with Gasteiger partial charge in [0, 0.05) is 28.5 Å². The third kappa shape index (κ3) is 6.23. The summed E-state index contributed by atoms with van der Waals surface area (Å²) in [4.78, 5) is 11.6. The van der Waals surface area contributed by atoms with Crippen LogP contribution in [0.4, 0.5) is 10.5 Å². The van der Waals surface area contributed by atoms with Gasteiger partial charge in [0.2, 0.25) is 0 Å². The number of nitrogens with one attached hydrogen (secondary N) is 3. The maximum atomic E-state index is 11.6. The molecule has 0 atom stereocenters. The minimum Gasteiger partial charge on any atom is -0.338 e. The van der Waals surface area contributed by atoms with Gasteiger partial charge in [0.05, 0.1) is 5.69 Å². The molecule has 0 aliphatic carbocycles. The summed E-state index contributed by atoms with van der Waals surface area (Å²) in [7, 11) is 0. The molecule has 7 heteroatoms. The molecule has 2 rings (SSSR count). The number of anilines is 1. The molecule has 118 valence electrons. The van der Waals surface area contributed by atoms with Crippen LogP contribution in [0.5, 0.6) is 0 Å². The lowest BCUT2D eigenvalue weighted by molar-refractivity contribution is 0.252. The highest BCUT2D eigenvalue weighted by molar-refractivity contribution is 7.08. The van der Waals surface area contributed by atoms with Crippen LogP contribution in [0.1, 0.15) is 12.0 Å². The minimum atomic E-state index is -0.181. The first kappa shape index (κ1) is 17.1. The number of carbonyl (C=O) groups excluding carboxylic acids is 1. The lowest BCUT2D eigenvalue weighted by atomic mass is 10.2. The van der Waals surface area contributed by atoms with Gasteiger partial charge in [-0.25, -0.2) is 4.79 Å². The van der Waals surface area contributed by atoms with Crippen LogP contribution in [-0.4, -0.2) is 19.1 Å². The summed E-state index contributed by atoms with van der Waals surface area (Å²) in [6.45, 7) is 2.10. The van der Waals surface area contributed by atoms with Crippen LogP contribution >= 0.6 is 34.5 Å². The highest BCUT2D eigenvalue weighted by atomic mass is 35.5. The number of halogens is 2. The fourth-order valence-corrected chi connectivity index (χ4v) is 3.03. The van der Waals surface area contributed by atoms with Crippen LogP contribution in [0.15, 0.2) is 35.0 Å². The number of benzene rings is 1. The molecule has 22 heavy (non-hydrogen) atoms. The van der Waals surface area contributed by atoms with Crippen molar-refractivity contribution in [3.63, 3.8) is 0 Å². The molecule has 0 bridgehead atoms. The second kappa shape index (κ2) is 9.00. The zero-order chi connectivity index (χ0) is 15.8. The molecule has 0 spiro atoms. The first-order valence-corrected chi connectivity index (χ1v) is 8.56. The van der Waals surface area contributed by atoms with E-state index in [2.05, 4.69) is 16.0 Å². The Labute approximate surface area is 143 Å². The standard InChI is InChI=1S/C15H17Cl2N3OS/c16-12-6-11(7-13(17)8-12)9-18-3-1-4-19-15(21)20-14-2-5-22-10-14/h2,5-8,10,18H,1,3-4,9H2,(H2,19,20,21). The van der Waals surface area contributed by atoms with Gasteiger partial charge >= 0.3 is 6.03 Å². The summed E-state index contributed by atoms with van der Waals surface area (Å²) >= 11 is 13.4. The molecule has 0 aliphatic rings. The zero-order valence-electron chi connectivity index (χ0n) is 11.9. The van der Waals surface area contributed by atoms with Gasteiger partial charge in [-0.2, -0.15) is 11.3 Å². The van der Waals surface area contributed by atoms with Crippen molar-refractivity contribution in [3.05, 3.63) is 50.6 Å². The van der Waals surface area contributed by atoms with Gasteiger partial charge < -0.3 is 16.0 Å². The van der Waals surface area contributed by atoms with Gasteiger partial charge in [0.1, 0.15) is 0 Å².